The van der Waals surface area contributed by atoms with Gasteiger partial charge in [-0.2, -0.15) is 0 Å². The fraction of sp³-hybridized carbons (Fsp3) is 0.826. The molecule has 4 nitrogen and oxygen atoms in total. The lowest BCUT2D eigenvalue weighted by molar-refractivity contribution is -0.134. The Morgan fingerprint density at radius 1 is 1.22 bits per heavy atom. The average molecular weight is 374 g/mol. The van der Waals surface area contributed by atoms with Gasteiger partial charge in [0.15, 0.2) is 0 Å². The van der Waals surface area contributed by atoms with E-state index in [1.807, 2.05) is 6.92 Å². The van der Waals surface area contributed by atoms with Crippen LogP contribution in [0.4, 0.5) is 0 Å². The summed E-state index contributed by atoms with van der Waals surface area (Å²) in [5, 5.41) is 13.1. The zero-order valence-electron chi connectivity index (χ0n) is 17.3. The largest absolute Gasteiger partial charge is 0.393 e. The minimum absolute atomic E-state index is 0.0472. The van der Waals surface area contributed by atoms with Crippen LogP contribution in [0.25, 0.3) is 0 Å². The Morgan fingerprint density at radius 2 is 1.93 bits per heavy atom. The van der Waals surface area contributed by atoms with Crippen molar-refractivity contribution in [3.05, 3.63) is 11.6 Å². The molecule has 4 heteroatoms. The molecule has 3 saturated carbocycles. The van der Waals surface area contributed by atoms with Crippen LogP contribution in [0.5, 0.6) is 0 Å². The van der Waals surface area contributed by atoms with Gasteiger partial charge in [0.1, 0.15) is 5.78 Å². The van der Waals surface area contributed by atoms with Crippen LogP contribution in [0.2, 0.25) is 0 Å². The lowest BCUT2D eigenvalue weighted by atomic mass is 9.48. The average Bonchev–Trinajstić information content (AvgIpc) is 2.87. The summed E-state index contributed by atoms with van der Waals surface area (Å²) in [5.74, 6) is 1.90. The molecule has 0 bridgehead atoms. The van der Waals surface area contributed by atoms with Gasteiger partial charge in [0.2, 0.25) is 5.91 Å². The molecule has 27 heavy (non-hydrogen) atoms. The number of aliphatic hydroxyl groups is 1. The van der Waals surface area contributed by atoms with Gasteiger partial charge in [0.25, 0.3) is 0 Å². The van der Waals surface area contributed by atoms with E-state index >= 15 is 0 Å². The standard InChI is InChI=1S/C23H35NO3/c1-13(24-14(2)25)18-12-20-17-6-5-15-11-16(26)7-9-22(15,3)19(17)8-10-23(20,4)21(18)27/h5,13,16-20,26H,6-12H2,1-4H3,(H,24,25)/t13?,16-,17+,18-,19-,20-,22-,23-/m0/s1. The molecule has 0 radical (unpaired) electrons. The third-order valence-corrected chi connectivity index (χ3v) is 8.91. The van der Waals surface area contributed by atoms with Gasteiger partial charge in [0, 0.05) is 24.3 Å². The Kier molecular flexibility index (Phi) is 4.57. The fourth-order valence-corrected chi connectivity index (χ4v) is 7.36. The van der Waals surface area contributed by atoms with E-state index in [9.17, 15) is 14.7 Å². The van der Waals surface area contributed by atoms with Crippen LogP contribution >= 0.6 is 0 Å². The van der Waals surface area contributed by atoms with E-state index in [4.69, 9.17) is 0 Å². The van der Waals surface area contributed by atoms with Crippen molar-refractivity contribution in [3.8, 4) is 0 Å². The van der Waals surface area contributed by atoms with Gasteiger partial charge in [-0.3, -0.25) is 9.59 Å². The molecule has 0 aromatic rings. The van der Waals surface area contributed by atoms with Gasteiger partial charge < -0.3 is 10.4 Å². The topological polar surface area (TPSA) is 66.4 Å². The normalized spacial score (nSPS) is 47.4. The van der Waals surface area contributed by atoms with Crippen molar-refractivity contribution < 1.29 is 14.7 Å². The number of rotatable bonds is 2. The zero-order valence-corrected chi connectivity index (χ0v) is 17.3. The molecular weight excluding hydrogens is 338 g/mol. The first-order valence-corrected chi connectivity index (χ1v) is 10.9. The third kappa shape index (κ3) is 2.82. The predicted octanol–water partition coefficient (Wildman–Crippen LogP) is 3.63. The Balaban J connectivity index is 1.62. The predicted molar refractivity (Wildman–Crippen MR) is 105 cm³/mol. The molecule has 8 atom stereocenters. The quantitative estimate of drug-likeness (QED) is 0.727. The highest BCUT2D eigenvalue weighted by Gasteiger charge is 2.61. The van der Waals surface area contributed by atoms with Crippen molar-refractivity contribution in [2.45, 2.75) is 84.8 Å². The number of hydrogen-bond acceptors (Lipinski definition) is 3. The number of ketones is 1. The summed E-state index contributed by atoms with van der Waals surface area (Å²) in [4.78, 5) is 24.9. The van der Waals surface area contributed by atoms with Crippen LogP contribution in [-0.2, 0) is 9.59 Å². The maximum absolute atomic E-state index is 13.4. The van der Waals surface area contributed by atoms with E-state index in [-0.39, 0.29) is 34.8 Å². The minimum Gasteiger partial charge on any atom is -0.393 e. The van der Waals surface area contributed by atoms with Gasteiger partial charge in [-0.25, -0.2) is 0 Å². The van der Waals surface area contributed by atoms with Gasteiger partial charge in [-0.15, -0.1) is 0 Å². The Morgan fingerprint density at radius 3 is 2.63 bits per heavy atom. The van der Waals surface area contributed by atoms with Crippen molar-refractivity contribution >= 4 is 11.7 Å². The molecule has 0 aromatic carbocycles. The second-order valence-corrected chi connectivity index (χ2v) is 10.3. The lowest BCUT2D eigenvalue weighted by Gasteiger charge is -2.56. The molecule has 0 saturated heterocycles. The van der Waals surface area contributed by atoms with Gasteiger partial charge in [-0.1, -0.05) is 25.5 Å². The van der Waals surface area contributed by atoms with E-state index in [1.165, 1.54) is 12.5 Å². The van der Waals surface area contributed by atoms with E-state index < -0.39 is 0 Å². The smallest absolute Gasteiger partial charge is 0.217 e. The van der Waals surface area contributed by atoms with Crippen molar-refractivity contribution in [2.24, 2.45) is 34.5 Å². The van der Waals surface area contributed by atoms with Crippen molar-refractivity contribution in [1.82, 2.24) is 5.32 Å². The maximum Gasteiger partial charge on any atom is 0.217 e. The van der Waals surface area contributed by atoms with E-state index in [0.717, 1.165) is 44.9 Å². The summed E-state index contributed by atoms with van der Waals surface area (Å²) < 4.78 is 0. The number of carbonyl (C=O) groups is 2. The summed E-state index contributed by atoms with van der Waals surface area (Å²) >= 11 is 0. The Bertz CT molecular complexity index is 685. The maximum atomic E-state index is 13.4. The summed E-state index contributed by atoms with van der Waals surface area (Å²) in [6.07, 6.45) is 9.11. The number of allylic oxidation sites excluding steroid dienone is 1. The first-order chi connectivity index (χ1) is 12.7. The minimum atomic E-state index is -0.228. The molecule has 1 unspecified atom stereocenters. The number of aliphatic hydroxyl groups excluding tert-OH is 1. The van der Waals surface area contributed by atoms with Crippen LogP contribution < -0.4 is 5.32 Å². The van der Waals surface area contributed by atoms with Gasteiger partial charge in [0.05, 0.1) is 6.10 Å². The summed E-state index contributed by atoms with van der Waals surface area (Å²) in [5.41, 5.74) is 1.45. The first-order valence-electron chi connectivity index (χ1n) is 10.9. The van der Waals surface area contributed by atoms with E-state index in [2.05, 4.69) is 25.2 Å². The summed E-state index contributed by atoms with van der Waals surface area (Å²) in [6, 6.07) is -0.0778. The second-order valence-electron chi connectivity index (χ2n) is 10.3. The van der Waals surface area contributed by atoms with Crippen molar-refractivity contribution in [2.75, 3.05) is 0 Å². The zero-order chi connectivity index (χ0) is 19.6. The molecule has 3 fully saturated rings. The fourth-order valence-electron chi connectivity index (χ4n) is 7.36. The highest BCUT2D eigenvalue weighted by molar-refractivity contribution is 5.90. The molecule has 150 valence electrons. The Hall–Kier alpha value is -1.16. The Labute approximate surface area is 163 Å². The molecule has 4 aliphatic carbocycles. The number of amides is 1. The lowest BCUT2D eigenvalue weighted by Crippen LogP contribution is -2.50. The van der Waals surface area contributed by atoms with Crippen LogP contribution in [0, 0.1) is 34.5 Å². The molecule has 0 aliphatic heterocycles. The van der Waals surface area contributed by atoms with Crippen LogP contribution in [0.15, 0.2) is 11.6 Å². The van der Waals surface area contributed by atoms with Crippen LogP contribution in [0.1, 0.15) is 72.6 Å². The molecule has 2 N–H and O–H groups in total. The van der Waals surface area contributed by atoms with Crippen LogP contribution in [0.3, 0.4) is 0 Å². The molecular formula is C23H35NO3. The first kappa shape index (κ1) is 19.2. The number of Topliss-reactive ketones (excluding diaryl/α,β-unsaturated/α-hetero) is 1. The van der Waals surface area contributed by atoms with E-state index in [0.29, 0.717) is 23.5 Å². The molecule has 0 aromatic heterocycles. The number of nitrogens with one attached hydrogen (secondary N) is 1. The van der Waals surface area contributed by atoms with E-state index in [1.54, 1.807) is 0 Å². The molecule has 0 spiro atoms. The number of hydrogen-bond donors (Lipinski definition) is 2. The summed E-state index contributed by atoms with van der Waals surface area (Å²) in [7, 11) is 0. The molecule has 1 amide bonds. The monoisotopic (exact) mass is 373 g/mol. The van der Waals surface area contributed by atoms with Gasteiger partial charge >= 0.3 is 0 Å². The molecule has 0 heterocycles. The van der Waals surface area contributed by atoms with Crippen molar-refractivity contribution in [1.29, 1.82) is 0 Å². The SMILES string of the molecule is CC(=O)NC(C)[C@@H]1C[C@H]2[C@@H]3CC=C4C[C@@H](O)CC[C@]4(C)[C@H]3CC[C@]2(C)C1=O. The number of carbonyl (C=O) groups excluding carboxylic acids is 2. The van der Waals surface area contributed by atoms with Crippen LogP contribution in [-0.4, -0.2) is 28.9 Å². The molecule has 4 aliphatic rings. The van der Waals surface area contributed by atoms with Crippen molar-refractivity contribution in [3.63, 3.8) is 0 Å². The highest BCUT2D eigenvalue weighted by atomic mass is 16.3. The highest BCUT2D eigenvalue weighted by Crippen LogP contribution is 2.64. The second kappa shape index (κ2) is 6.43. The van der Waals surface area contributed by atoms with Gasteiger partial charge in [-0.05, 0) is 75.0 Å². The third-order valence-electron chi connectivity index (χ3n) is 8.91. The summed E-state index contributed by atoms with van der Waals surface area (Å²) in [6.45, 7) is 8.14. The molecule has 4 rings (SSSR count). The number of fused-ring (bicyclic) bond motifs is 5.